The molecule has 24 heavy (non-hydrogen) atoms. The Kier molecular flexibility index (Phi) is 6.17. The first-order valence-corrected chi connectivity index (χ1v) is 8.59. The fraction of sp³-hybridized carbons (Fsp3) is 0.222. The minimum atomic E-state index is 0.504. The number of nitrogen functional groups attached to an aromatic ring is 1. The van der Waals surface area contributed by atoms with Gasteiger partial charge in [0.2, 0.25) is 0 Å². The molecule has 0 atom stereocenters. The number of aromatic nitrogens is 2. The second kappa shape index (κ2) is 8.13. The predicted octanol–water partition coefficient (Wildman–Crippen LogP) is 5.33. The molecule has 0 saturated heterocycles. The molecular formula is C18H20ClN3OS. The van der Waals surface area contributed by atoms with Gasteiger partial charge in [0.15, 0.2) is 5.82 Å². The Morgan fingerprint density at radius 3 is 2.62 bits per heavy atom. The van der Waals surface area contributed by atoms with Gasteiger partial charge in [-0.05, 0) is 55.7 Å². The third-order valence-corrected chi connectivity index (χ3v) is 4.24. The zero-order chi connectivity index (χ0) is 17.7. The molecule has 2 rings (SSSR count). The van der Waals surface area contributed by atoms with Gasteiger partial charge in [0, 0.05) is 28.7 Å². The fourth-order valence-electron chi connectivity index (χ4n) is 2.14. The van der Waals surface area contributed by atoms with Crippen molar-refractivity contribution >= 4 is 28.8 Å². The number of ether oxygens (including phenoxy) is 1. The number of hydrogen-bond acceptors (Lipinski definition) is 5. The van der Waals surface area contributed by atoms with E-state index in [1.165, 1.54) is 11.5 Å². The third kappa shape index (κ3) is 4.94. The van der Waals surface area contributed by atoms with Crippen LogP contribution >= 0.6 is 23.1 Å². The summed E-state index contributed by atoms with van der Waals surface area (Å²) in [7, 11) is 0. The van der Waals surface area contributed by atoms with E-state index < -0.39 is 0 Å². The highest BCUT2D eigenvalue weighted by Crippen LogP contribution is 2.31. The number of allylic oxidation sites excluding steroid dienone is 5. The highest BCUT2D eigenvalue weighted by molar-refractivity contribution is 7.07. The highest BCUT2D eigenvalue weighted by Gasteiger charge is 2.11. The van der Waals surface area contributed by atoms with Crippen LogP contribution in [0.5, 0.6) is 10.9 Å². The van der Waals surface area contributed by atoms with Crippen molar-refractivity contribution in [3.63, 3.8) is 0 Å². The van der Waals surface area contributed by atoms with Crippen LogP contribution < -0.4 is 10.5 Å². The molecule has 0 saturated carbocycles. The molecule has 0 amide bonds. The summed E-state index contributed by atoms with van der Waals surface area (Å²) in [5.74, 6) is 1.44. The van der Waals surface area contributed by atoms with Gasteiger partial charge >= 0.3 is 0 Å². The molecule has 126 valence electrons. The second-order valence-electron chi connectivity index (χ2n) is 5.40. The van der Waals surface area contributed by atoms with E-state index in [-0.39, 0.29) is 0 Å². The zero-order valence-corrected chi connectivity index (χ0v) is 15.5. The van der Waals surface area contributed by atoms with Crippen molar-refractivity contribution in [3.05, 3.63) is 64.5 Å². The second-order valence-corrected chi connectivity index (χ2v) is 6.56. The van der Waals surface area contributed by atoms with Crippen molar-refractivity contribution in [1.29, 1.82) is 0 Å². The van der Waals surface area contributed by atoms with Crippen molar-refractivity contribution in [2.24, 2.45) is 0 Å². The standard InChI is InChI=1S/C18H20ClN3OS/c1-5-14(19)7-6-11(2)8-16-21-18(24-22-16)23-17-12(3)9-15(20)10-13(17)4/h5-7,9-10H,2,8,20H2,1,3-4H3/b7-6-,14-5+. The summed E-state index contributed by atoms with van der Waals surface area (Å²) in [6, 6.07) is 3.75. The maximum atomic E-state index is 5.92. The summed E-state index contributed by atoms with van der Waals surface area (Å²) in [6.45, 7) is 9.78. The number of nitrogens with zero attached hydrogens (tertiary/aromatic N) is 2. The van der Waals surface area contributed by atoms with Crippen molar-refractivity contribution in [3.8, 4) is 10.9 Å². The van der Waals surface area contributed by atoms with Crippen molar-refractivity contribution in [2.45, 2.75) is 27.2 Å². The first kappa shape index (κ1) is 18.2. The first-order chi connectivity index (χ1) is 11.4. The maximum Gasteiger partial charge on any atom is 0.298 e. The molecule has 1 aromatic heterocycles. The lowest BCUT2D eigenvalue weighted by molar-refractivity contribution is 0.470. The lowest BCUT2D eigenvalue weighted by atomic mass is 10.1. The predicted molar refractivity (Wildman–Crippen MR) is 102 cm³/mol. The lowest BCUT2D eigenvalue weighted by Crippen LogP contribution is -1.95. The minimum absolute atomic E-state index is 0.504. The minimum Gasteiger partial charge on any atom is -0.429 e. The molecule has 4 nitrogen and oxygen atoms in total. The Morgan fingerprint density at radius 2 is 2.00 bits per heavy atom. The summed E-state index contributed by atoms with van der Waals surface area (Å²) in [4.78, 5) is 4.41. The summed E-state index contributed by atoms with van der Waals surface area (Å²) in [5, 5.41) is 1.17. The molecule has 1 aromatic carbocycles. The fourth-order valence-corrected chi connectivity index (χ4v) is 2.76. The molecule has 0 aliphatic carbocycles. The number of halogens is 1. The van der Waals surface area contributed by atoms with Crippen LogP contribution in [0.15, 0.2) is 47.5 Å². The number of hydrogen-bond donors (Lipinski definition) is 1. The molecule has 2 aromatic rings. The van der Waals surface area contributed by atoms with E-state index in [9.17, 15) is 0 Å². The van der Waals surface area contributed by atoms with Crippen LogP contribution in [0.25, 0.3) is 0 Å². The molecule has 0 unspecified atom stereocenters. The van der Waals surface area contributed by atoms with E-state index in [1.807, 2.05) is 45.1 Å². The normalized spacial score (nSPS) is 11.9. The Morgan fingerprint density at radius 1 is 1.33 bits per heavy atom. The number of anilines is 1. The molecule has 0 radical (unpaired) electrons. The first-order valence-electron chi connectivity index (χ1n) is 7.44. The van der Waals surface area contributed by atoms with Gasteiger partial charge in [0.25, 0.3) is 5.19 Å². The van der Waals surface area contributed by atoms with E-state index >= 15 is 0 Å². The molecule has 1 heterocycles. The molecule has 6 heteroatoms. The van der Waals surface area contributed by atoms with E-state index in [0.717, 1.165) is 28.1 Å². The summed E-state index contributed by atoms with van der Waals surface area (Å²) >= 11 is 7.14. The van der Waals surface area contributed by atoms with Crippen molar-refractivity contribution in [1.82, 2.24) is 9.36 Å². The average Bonchev–Trinajstić information content (AvgIpc) is 2.95. The van der Waals surface area contributed by atoms with Crippen LogP contribution in [0.1, 0.15) is 23.9 Å². The van der Waals surface area contributed by atoms with Crippen LogP contribution in [0.3, 0.4) is 0 Å². The smallest absolute Gasteiger partial charge is 0.298 e. The summed E-state index contributed by atoms with van der Waals surface area (Å²) in [6.07, 6.45) is 6.02. The van der Waals surface area contributed by atoms with Crippen LogP contribution in [0.4, 0.5) is 5.69 Å². The van der Waals surface area contributed by atoms with Crippen molar-refractivity contribution in [2.75, 3.05) is 5.73 Å². The summed E-state index contributed by atoms with van der Waals surface area (Å²) < 4.78 is 10.2. The molecule has 0 bridgehead atoms. The quantitative estimate of drug-likeness (QED) is 0.558. The largest absolute Gasteiger partial charge is 0.429 e. The van der Waals surface area contributed by atoms with Gasteiger partial charge < -0.3 is 10.5 Å². The van der Waals surface area contributed by atoms with Gasteiger partial charge in [-0.1, -0.05) is 30.3 Å². The Hall–Kier alpha value is -2.11. The molecule has 0 spiro atoms. The molecular weight excluding hydrogens is 342 g/mol. The summed E-state index contributed by atoms with van der Waals surface area (Å²) in [5.41, 5.74) is 9.36. The molecule has 0 aliphatic rings. The van der Waals surface area contributed by atoms with Crippen LogP contribution in [0, 0.1) is 13.8 Å². The van der Waals surface area contributed by atoms with Gasteiger partial charge in [0.05, 0.1) is 0 Å². The Balaban J connectivity index is 2.06. The molecule has 0 aliphatic heterocycles. The van der Waals surface area contributed by atoms with E-state index in [2.05, 4.69) is 15.9 Å². The van der Waals surface area contributed by atoms with Crippen LogP contribution in [-0.2, 0) is 6.42 Å². The van der Waals surface area contributed by atoms with E-state index in [1.54, 1.807) is 6.08 Å². The van der Waals surface area contributed by atoms with Crippen LogP contribution in [0.2, 0.25) is 0 Å². The Labute approximate surface area is 151 Å². The third-order valence-electron chi connectivity index (χ3n) is 3.26. The topological polar surface area (TPSA) is 61.0 Å². The zero-order valence-electron chi connectivity index (χ0n) is 14.0. The van der Waals surface area contributed by atoms with Gasteiger partial charge in [-0.15, -0.1) is 0 Å². The van der Waals surface area contributed by atoms with Gasteiger partial charge in [-0.3, -0.25) is 0 Å². The van der Waals surface area contributed by atoms with Crippen LogP contribution in [-0.4, -0.2) is 9.36 Å². The number of nitrogens with two attached hydrogens (primary N) is 1. The van der Waals surface area contributed by atoms with Gasteiger partial charge in [-0.25, -0.2) is 0 Å². The average molecular weight is 362 g/mol. The monoisotopic (exact) mass is 361 g/mol. The highest BCUT2D eigenvalue weighted by atomic mass is 35.5. The van der Waals surface area contributed by atoms with Gasteiger partial charge in [-0.2, -0.15) is 9.36 Å². The Bertz CT molecular complexity index is 785. The maximum absolute atomic E-state index is 5.92. The van der Waals surface area contributed by atoms with E-state index in [4.69, 9.17) is 22.1 Å². The van der Waals surface area contributed by atoms with E-state index in [0.29, 0.717) is 22.5 Å². The van der Waals surface area contributed by atoms with Crippen molar-refractivity contribution < 1.29 is 4.74 Å². The molecule has 0 fully saturated rings. The lowest BCUT2D eigenvalue weighted by Gasteiger charge is -2.09. The van der Waals surface area contributed by atoms with Gasteiger partial charge in [0.1, 0.15) is 5.75 Å². The SMILES string of the molecule is C=C(/C=C\C(Cl)=C/C)Cc1nsc(Oc2c(C)cc(N)cc2C)n1. The number of rotatable bonds is 6. The number of benzene rings is 1. The molecule has 2 N–H and O–H groups in total. The number of aryl methyl sites for hydroxylation is 2.